The zero-order valence-corrected chi connectivity index (χ0v) is 11.9. The van der Waals surface area contributed by atoms with Gasteiger partial charge in [0.1, 0.15) is 5.75 Å². The van der Waals surface area contributed by atoms with E-state index in [1.807, 2.05) is 62.4 Å². The first-order valence-electron chi connectivity index (χ1n) is 6.34. The molecule has 0 heterocycles. The minimum atomic E-state index is -0.200. The SMILES string of the molecule is CC(C)Oc1cccc(C(N)c2cccc(Cl)c2)c1. The molecule has 2 rings (SSSR count). The van der Waals surface area contributed by atoms with Crippen molar-refractivity contribution in [3.05, 3.63) is 64.7 Å². The molecule has 2 aromatic rings. The number of benzene rings is 2. The summed E-state index contributed by atoms with van der Waals surface area (Å²) < 4.78 is 5.68. The molecule has 0 bridgehead atoms. The lowest BCUT2D eigenvalue weighted by Crippen LogP contribution is -2.12. The van der Waals surface area contributed by atoms with Gasteiger partial charge in [0.05, 0.1) is 12.1 Å². The van der Waals surface area contributed by atoms with Crippen molar-refractivity contribution in [3.8, 4) is 5.75 Å². The molecule has 3 heteroatoms. The second-order valence-electron chi connectivity index (χ2n) is 4.77. The van der Waals surface area contributed by atoms with Crippen molar-refractivity contribution in [2.75, 3.05) is 0 Å². The molecular formula is C16H18ClNO. The van der Waals surface area contributed by atoms with Gasteiger partial charge in [-0.15, -0.1) is 0 Å². The molecule has 1 atom stereocenters. The lowest BCUT2D eigenvalue weighted by Gasteiger charge is -2.15. The van der Waals surface area contributed by atoms with E-state index in [2.05, 4.69) is 0 Å². The average Bonchev–Trinajstić information content (AvgIpc) is 2.37. The number of ether oxygens (including phenoxy) is 1. The van der Waals surface area contributed by atoms with Gasteiger partial charge in [-0.2, -0.15) is 0 Å². The number of halogens is 1. The van der Waals surface area contributed by atoms with Crippen LogP contribution < -0.4 is 10.5 Å². The fraction of sp³-hybridized carbons (Fsp3) is 0.250. The van der Waals surface area contributed by atoms with Crippen LogP contribution >= 0.6 is 11.6 Å². The molecule has 2 nitrogen and oxygen atoms in total. The molecule has 0 spiro atoms. The number of nitrogens with two attached hydrogens (primary N) is 1. The Kier molecular flexibility index (Phi) is 4.46. The number of hydrogen-bond acceptors (Lipinski definition) is 2. The fourth-order valence-electron chi connectivity index (χ4n) is 1.95. The first-order chi connectivity index (χ1) is 9.06. The van der Waals surface area contributed by atoms with Crippen molar-refractivity contribution in [3.63, 3.8) is 0 Å². The summed E-state index contributed by atoms with van der Waals surface area (Å²) in [7, 11) is 0. The van der Waals surface area contributed by atoms with Gasteiger partial charge in [0.25, 0.3) is 0 Å². The van der Waals surface area contributed by atoms with E-state index < -0.39 is 0 Å². The van der Waals surface area contributed by atoms with E-state index in [9.17, 15) is 0 Å². The van der Waals surface area contributed by atoms with Crippen LogP contribution in [0.15, 0.2) is 48.5 Å². The summed E-state index contributed by atoms with van der Waals surface area (Å²) >= 11 is 6.00. The van der Waals surface area contributed by atoms with Crippen LogP contribution in [0.25, 0.3) is 0 Å². The molecule has 0 radical (unpaired) electrons. The van der Waals surface area contributed by atoms with Gasteiger partial charge in [-0.05, 0) is 49.2 Å². The topological polar surface area (TPSA) is 35.2 Å². The maximum absolute atomic E-state index is 6.27. The van der Waals surface area contributed by atoms with Crippen LogP contribution in [-0.2, 0) is 0 Å². The molecule has 1 unspecified atom stereocenters. The zero-order valence-electron chi connectivity index (χ0n) is 11.1. The Labute approximate surface area is 119 Å². The molecule has 19 heavy (non-hydrogen) atoms. The normalized spacial score (nSPS) is 12.5. The summed E-state index contributed by atoms with van der Waals surface area (Å²) in [6.45, 7) is 4.01. The highest BCUT2D eigenvalue weighted by atomic mass is 35.5. The third-order valence-corrected chi connectivity index (χ3v) is 3.03. The van der Waals surface area contributed by atoms with Crippen molar-refractivity contribution in [2.45, 2.75) is 26.0 Å². The lowest BCUT2D eigenvalue weighted by atomic mass is 9.99. The molecule has 0 saturated carbocycles. The predicted octanol–water partition coefficient (Wildman–Crippen LogP) is 4.18. The van der Waals surface area contributed by atoms with Crippen molar-refractivity contribution in [1.29, 1.82) is 0 Å². The summed E-state index contributed by atoms with van der Waals surface area (Å²) in [5, 5.41) is 0.697. The van der Waals surface area contributed by atoms with Crippen molar-refractivity contribution in [1.82, 2.24) is 0 Å². The van der Waals surface area contributed by atoms with Gasteiger partial charge < -0.3 is 10.5 Å². The molecule has 2 aromatic carbocycles. The monoisotopic (exact) mass is 275 g/mol. The first-order valence-corrected chi connectivity index (χ1v) is 6.71. The number of hydrogen-bond donors (Lipinski definition) is 1. The zero-order chi connectivity index (χ0) is 13.8. The molecule has 0 aliphatic rings. The van der Waals surface area contributed by atoms with Crippen LogP contribution in [0.2, 0.25) is 5.02 Å². The summed E-state index contributed by atoms with van der Waals surface area (Å²) in [4.78, 5) is 0. The van der Waals surface area contributed by atoms with E-state index in [1.165, 1.54) is 0 Å². The molecule has 0 aliphatic heterocycles. The van der Waals surface area contributed by atoms with E-state index in [1.54, 1.807) is 0 Å². The third-order valence-electron chi connectivity index (χ3n) is 2.80. The maximum Gasteiger partial charge on any atom is 0.120 e. The third kappa shape index (κ3) is 3.72. The fourth-order valence-corrected chi connectivity index (χ4v) is 2.14. The van der Waals surface area contributed by atoms with Crippen LogP contribution in [0.1, 0.15) is 31.0 Å². The van der Waals surface area contributed by atoms with E-state index in [4.69, 9.17) is 22.1 Å². The Morgan fingerprint density at radius 1 is 1.00 bits per heavy atom. The molecule has 0 aliphatic carbocycles. The van der Waals surface area contributed by atoms with Crippen molar-refractivity contribution in [2.24, 2.45) is 5.73 Å². The van der Waals surface area contributed by atoms with Gasteiger partial charge in [0, 0.05) is 5.02 Å². The summed E-state index contributed by atoms with van der Waals surface area (Å²) in [5.41, 5.74) is 8.28. The van der Waals surface area contributed by atoms with Crippen LogP contribution in [0.5, 0.6) is 5.75 Å². The van der Waals surface area contributed by atoms with E-state index in [0.717, 1.165) is 16.9 Å². The summed E-state index contributed by atoms with van der Waals surface area (Å²) in [5.74, 6) is 0.838. The molecule has 0 fully saturated rings. The molecule has 0 aromatic heterocycles. The average molecular weight is 276 g/mol. The molecule has 2 N–H and O–H groups in total. The van der Waals surface area contributed by atoms with Crippen LogP contribution in [0.3, 0.4) is 0 Å². The predicted molar refractivity (Wildman–Crippen MR) is 79.7 cm³/mol. The van der Waals surface area contributed by atoms with Crippen LogP contribution in [0, 0.1) is 0 Å². The molecule has 0 saturated heterocycles. The van der Waals surface area contributed by atoms with E-state index in [0.29, 0.717) is 5.02 Å². The Hall–Kier alpha value is -1.51. The summed E-state index contributed by atoms with van der Waals surface area (Å²) in [6.07, 6.45) is 0.151. The Morgan fingerprint density at radius 2 is 1.63 bits per heavy atom. The highest BCUT2D eigenvalue weighted by Crippen LogP contribution is 2.25. The Balaban J connectivity index is 2.26. The van der Waals surface area contributed by atoms with Gasteiger partial charge in [-0.25, -0.2) is 0 Å². The lowest BCUT2D eigenvalue weighted by molar-refractivity contribution is 0.242. The smallest absolute Gasteiger partial charge is 0.120 e. The minimum absolute atomic E-state index is 0.151. The van der Waals surface area contributed by atoms with Gasteiger partial charge in [0.15, 0.2) is 0 Å². The molecule has 0 amide bonds. The van der Waals surface area contributed by atoms with Gasteiger partial charge >= 0.3 is 0 Å². The minimum Gasteiger partial charge on any atom is -0.491 e. The highest BCUT2D eigenvalue weighted by molar-refractivity contribution is 6.30. The molecule has 100 valence electrons. The summed E-state index contributed by atoms with van der Waals surface area (Å²) in [6, 6.07) is 15.3. The number of rotatable bonds is 4. The molecular weight excluding hydrogens is 258 g/mol. The van der Waals surface area contributed by atoms with Gasteiger partial charge in [-0.3, -0.25) is 0 Å². The quantitative estimate of drug-likeness (QED) is 0.909. The van der Waals surface area contributed by atoms with Crippen LogP contribution in [-0.4, -0.2) is 6.10 Å². The standard InChI is InChI=1S/C16H18ClNO/c1-11(2)19-15-8-4-6-13(10-15)16(18)12-5-3-7-14(17)9-12/h3-11,16H,18H2,1-2H3. The highest BCUT2D eigenvalue weighted by Gasteiger charge is 2.10. The van der Waals surface area contributed by atoms with Crippen molar-refractivity contribution >= 4 is 11.6 Å². The van der Waals surface area contributed by atoms with Gasteiger partial charge in [0.2, 0.25) is 0 Å². The van der Waals surface area contributed by atoms with Crippen molar-refractivity contribution < 1.29 is 4.74 Å². The maximum atomic E-state index is 6.27. The van der Waals surface area contributed by atoms with E-state index >= 15 is 0 Å². The second kappa shape index (κ2) is 6.09. The Morgan fingerprint density at radius 3 is 2.26 bits per heavy atom. The first kappa shape index (κ1) is 13.9. The Bertz CT molecular complexity index is 554. The van der Waals surface area contributed by atoms with Crippen LogP contribution in [0.4, 0.5) is 0 Å². The second-order valence-corrected chi connectivity index (χ2v) is 5.21. The largest absolute Gasteiger partial charge is 0.491 e. The van der Waals surface area contributed by atoms with E-state index in [-0.39, 0.29) is 12.1 Å². The van der Waals surface area contributed by atoms with Gasteiger partial charge in [-0.1, -0.05) is 35.9 Å².